The van der Waals surface area contributed by atoms with Crippen molar-refractivity contribution in [3.63, 3.8) is 0 Å². The third-order valence-electron chi connectivity index (χ3n) is 1.90. The van der Waals surface area contributed by atoms with Crippen LogP contribution >= 0.6 is 11.6 Å². The highest BCUT2D eigenvalue weighted by atomic mass is 35.5. The first-order valence-electron chi connectivity index (χ1n) is 4.93. The number of esters is 1. The third-order valence-corrected chi connectivity index (χ3v) is 2.22. The van der Waals surface area contributed by atoms with Crippen LogP contribution in [0.15, 0.2) is 12.1 Å². The molecule has 1 aromatic rings. The lowest BCUT2D eigenvalue weighted by Gasteiger charge is -2.20. The van der Waals surface area contributed by atoms with Crippen molar-refractivity contribution in [1.29, 1.82) is 0 Å². The number of phenols is 1. The van der Waals surface area contributed by atoms with Gasteiger partial charge in [-0.1, -0.05) is 11.6 Å². The van der Waals surface area contributed by atoms with E-state index >= 15 is 0 Å². The summed E-state index contributed by atoms with van der Waals surface area (Å²) in [7, 11) is 0. The van der Waals surface area contributed by atoms with Gasteiger partial charge in [-0.05, 0) is 45.4 Å². The molecule has 0 aliphatic heterocycles. The minimum atomic E-state index is -0.582. The Kier molecular flexibility index (Phi) is 3.48. The van der Waals surface area contributed by atoms with Crippen molar-refractivity contribution in [2.45, 2.75) is 33.3 Å². The van der Waals surface area contributed by atoms with Crippen LogP contribution in [0.4, 0.5) is 0 Å². The second-order valence-corrected chi connectivity index (χ2v) is 5.03. The lowest BCUT2D eigenvalue weighted by molar-refractivity contribution is 0.00693. The number of phenolic OH excluding ortho intramolecular Hbond substituents is 1. The van der Waals surface area contributed by atoms with Crippen LogP contribution < -0.4 is 0 Å². The Balaban J connectivity index is 3.05. The van der Waals surface area contributed by atoms with Crippen LogP contribution in [0.3, 0.4) is 0 Å². The molecule has 0 atom stereocenters. The Morgan fingerprint density at radius 3 is 2.44 bits per heavy atom. The molecule has 0 heterocycles. The number of aryl methyl sites for hydroxylation is 1. The van der Waals surface area contributed by atoms with E-state index in [4.69, 9.17) is 16.3 Å². The van der Waals surface area contributed by atoms with Crippen LogP contribution in [0, 0.1) is 6.92 Å². The fourth-order valence-electron chi connectivity index (χ4n) is 1.15. The SMILES string of the molecule is Cc1cc(Cl)c(C(=O)OC(C)(C)C)cc1O. The molecule has 1 rings (SSSR count). The Bertz CT molecular complexity index is 419. The van der Waals surface area contributed by atoms with Crippen molar-refractivity contribution in [2.24, 2.45) is 0 Å². The van der Waals surface area contributed by atoms with E-state index in [0.29, 0.717) is 5.56 Å². The Morgan fingerprint density at radius 1 is 1.38 bits per heavy atom. The molecule has 0 unspecified atom stereocenters. The number of aromatic hydroxyl groups is 1. The molecule has 1 aromatic carbocycles. The summed E-state index contributed by atoms with van der Waals surface area (Å²) < 4.78 is 5.16. The molecule has 0 aliphatic rings. The van der Waals surface area contributed by atoms with E-state index in [1.807, 2.05) is 0 Å². The van der Waals surface area contributed by atoms with E-state index in [-0.39, 0.29) is 16.3 Å². The molecule has 0 spiro atoms. The highest BCUT2D eigenvalue weighted by Gasteiger charge is 2.20. The summed E-state index contributed by atoms with van der Waals surface area (Å²) in [5.41, 5.74) is 0.220. The first-order valence-corrected chi connectivity index (χ1v) is 5.31. The van der Waals surface area contributed by atoms with Crippen LogP contribution in [0.2, 0.25) is 5.02 Å². The maximum atomic E-state index is 11.7. The van der Waals surface area contributed by atoms with E-state index < -0.39 is 11.6 Å². The number of ether oxygens (including phenoxy) is 1. The zero-order valence-electron chi connectivity index (χ0n) is 9.80. The lowest BCUT2D eigenvalue weighted by atomic mass is 10.1. The molecule has 88 valence electrons. The third kappa shape index (κ3) is 3.14. The molecule has 0 fully saturated rings. The molecule has 4 heteroatoms. The number of carbonyl (C=O) groups is 1. The molecule has 16 heavy (non-hydrogen) atoms. The van der Waals surface area contributed by atoms with Gasteiger partial charge in [0.2, 0.25) is 0 Å². The summed E-state index contributed by atoms with van der Waals surface area (Å²) in [6, 6.07) is 2.86. The van der Waals surface area contributed by atoms with E-state index in [9.17, 15) is 9.90 Å². The summed E-state index contributed by atoms with van der Waals surface area (Å²) in [5.74, 6) is -0.502. The summed E-state index contributed by atoms with van der Waals surface area (Å²) in [6.07, 6.45) is 0. The Morgan fingerprint density at radius 2 is 1.94 bits per heavy atom. The summed E-state index contributed by atoms with van der Waals surface area (Å²) in [4.78, 5) is 11.7. The maximum absolute atomic E-state index is 11.7. The predicted octanol–water partition coefficient (Wildman–Crippen LogP) is 3.31. The van der Waals surface area contributed by atoms with E-state index in [1.54, 1.807) is 27.7 Å². The molecule has 3 nitrogen and oxygen atoms in total. The van der Waals surface area contributed by atoms with Crippen molar-refractivity contribution in [3.8, 4) is 5.75 Å². The van der Waals surface area contributed by atoms with Crippen LogP contribution in [0.25, 0.3) is 0 Å². The van der Waals surface area contributed by atoms with Gasteiger partial charge in [0.25, 0.3) is 0 Å². The summed E-state index contributed by atoms with van der Waals surface area (Å²) in [6.45, 7) is 7.02. The predicted molar refractivity (Wildman–Crippen MR) is 63.0 cm³/mol. The molecular weight excluding hydrogens is 228 g/mol. The van der Waals surface area contributed by atoms with Crippen LogP contribution in [-0.4, -0.2) is 16.7 Å². The number of halogens is 1. The van der Waals surface area contributed by atoms with E-state index in [1.165, 1.54) is 12.1 Å². The second kappa shape index (κ2) is 4.34. The molecule has 0 bridgehead atoms. The van der Waals surface area contributed by atoms with Crippen molar-refractivity contribution in [1.82, 2.24) is 0 Å². The fourth-order valence-corrected chi connectivity index (χ4v) is 1.45. The van der Waals surface area contributed by atoms with Gasteiger partial charge in [-0.3, -0.25) is 0 Å². The molecule has 0 saturated heterocycles. The minimum absolute atomic E-state index is 0.0326. The van der Waals surface area contributed by atoms with Gasteiger partial charge in [-0.25, -0.2) is 4.79 Å². The van der Waals surface area contributed by atoms with Gasteiger partial charge in [0.1, 0.15) is 11.4 Å². The molecule has 0 aliphatic carbocycles. The second-order valence-electron chi connectivity index (χ2n) is 4.62. The normalized spacial score (nSPS) is 11.3. The highest BCUT2D eigenvalue weighted by Crippen LogP contribution is 2.27. The van der Waals surface area contributed by atoms with Crippen molar-refractivity contribution >= 4 is 17.6 Å². The lowest BCUT2D eigenvalue weighted by Crippen LogP contribution is -2.24. The number of hydrogen-bond donors (Lipinski definition) is 1. The van der Waals surface area contributed by atoms with Crippen molar-refractivity contribution in [3.05, 3.63) is 28.3 Å². The standard InChI is InChI=1S/C12H15ClO3/c1-7-5-9(13)8(6-10(7)14)11(15)16-12(2,3)4/h5-6,14H,1-4H3. The smallest absolute Gasteiger partial charge is 0.340 e. The largest absolute Gasteiger partial charge is 0.508 e. The first-order chi connectivity index (χ1) is 7.20. The monoisotopic (exact) mass is 242 g/mol. The number of benzene rings is 1. The number of rotatable bonds is 1. The van der Waals surface area contributed by atoms with Crippen LogP contribution in [-0.2, 0) is 4.74 Å². The van der Waals surface area contributed by atoms with E-state index in [0.717, 1.165) is 0 Å². The topological polar surface area (TPSA) is 46.5 Å². The van der Waals surface area contributed by atoms with Crippen LogP contribution in [0.1, 0.15) is 36.7 Å². The Labute approximate surface area is 100.0 Å². The summed E-state index contributed by atoms with van der Waals surface area (Å²) >= 11 is 5.91. The molecule has 1 N–H and O–H groups in total. The zero-order valence-corrected chi connectivity index (χ0v) is 10.6. The average molecular weight is 243 g/mol. The van der Waals surface area contributed by atoms with Gasteiger partial charge < -0.3 is 9.84 Å². The van der Waals surface area contributed by atoms with Gasteiger partial charge in [0.15, 0.2) is 0 Å². The van der Waals surface area contributed by atoms with Crippen molar-refractivity contribution in [2.75, 3.05) is 0 Å². The average Bonchev–Trinajstić information content (AvgIpc) is 2.08. The minimum Gasteiger partial charge on any atom is -0.508 e. The quantitative estimate of drug-likeness (QED) is 0.769. The molecule has 0 amide bonds. The first kappa shape index (κ1) is 12.8. The number of carbonyl (C=O) groups excluding carboxylic acids is 1. The van der Waals surface area contributed by atoms with Gasteiger partial charge in [-0.2, -0.15) is 0 Å². The molecule has 0 radical (unpaired) electrons. The van der Waals surface area contributed by atoms with E-state index in [2.05, 4.69) is 0 Å². The molecule has 0 saturated carbocycles. The van der Waals surface area contributed by atoms with Gasteiger partial charge >= 0.3 is 5.97 Å². The van der Waals surface area contributed by atoms with Gasteiger partial charge in [0, 0.05) is 0 Å². The van der Waals surface area contributed by atoms with Crippen LogP contribution in [0.5, 0.6) is 5.75 Å². The number of hydrogen-bond acceptors (Lipinski definition) is 3. The highest BCUT2D eigenvalue weighted by molar-refractivity contribution is 6.33. The van der Waals surface area contributed by atoms with Gasteiger partial charge in [-0.15, -0.1) is 0 Å². The van der Waals surface area contributed by atoms with Crippen molar-refractivity contribution < 1.29 is 14.6 Å². The molecule has 0 aromatic heterocycles. The zero-order chi connectivity index (χ0) is 12.5. The maximum Gasteiger partial charge on any atom is 0.340 e. The Hall–Kier alpha value is -1.22. The summed E-state index contributed by atoms with van der Waals surface area (Å²) in [5, 5.41) is 9.79. The molecular formula is C12H15ClO3. The fraction of sp³-hybridized carbons (Fsp3) is 0.417. The van der Waals surface area contributed by atoms with Gasteiger partial charge in [0.05, 0.1) is 10.6 Å².